The molecule has 0 bridgehead atoms. The molecule has 0 saturated heterocycles. The van der Waals surface area contributed by atoms with E-state index in [2.05, 4.69) is 9.98 Å². The van der Waals surface area contributed by atoms with Crippen molar-refractivity contribution in [3.8, 4) is 0 Å². The molecule has 0 unspecified atom stereocenters. The molecule has 0 fully saturated rings. The Morgan fingerprint density at radius 1 is 1.54 bits per heavy atom. The molecule has 1 heterocycles. The molecule has 0 spiro atoms. The number of halogens is 1. The molecule has 0 saturated carbocycles. The molecule has 0 aliphatic heterocycles. The predicted molar refractivity (Wildman–Crippen MR) is 46.8 cm³/mol. The third kappa shape index (κ3) is 1.33. The third-order valence-electron chi connectivity index (χ3n) is 1.57. The number of nitrogens with zero attached hydrogens (tertiary/aromatic N) is 2. The van der Waals surface area contributed by atoms with Crippen LogP contribution in [0.25, 0.3) is 11.1 Å². The van der Waals surface area contributed by atoms with Gasteiger partial charge in [-0.25, -0.2) is 9.78 Å². The number of oxazole rings is 1. The first-order valence-corrected chi connectivity index (χ1v) is 3.79. The van der Waals surface area contributed by atoms with Gasteiger partial charge in [-0.05, 0) is 6.07 Å². The molecule has 0 amide bonds. The molecule has 2 aromatic rings. The van der Waals surface area contributed by atoms with Crippen molar-refractivity contribution in [2.24, 2.45) is 4.99 Å². The van der Waals surface area contributed by atoms with Gasteiger partial charge in [0.1, 0.15) is 5.52 Å². The van der Waals surface area contributed by atoms with Crippen LogP contribution in [0.2, 0.25) is 5.02 Å². The van der Waals surface area contributed by atoms with Crippen molar-refractivity contribution in [1.29, 1.82) is 0 Å². The summed E-state index contributed by atoms with van der Waals surface area (Å²) in [4.78, 5) is 17.3. The summed E-state index contributed by atoms with van der Waals surface area (Å²) in [6.07, 6.45) is 2.71. The minimum atomic E-state index is 0.334. The van der Waals surface area contributed by atoms with Gasteiger partial charge in [-0.1, -0.05) is 11.6 Å². The summed E-state index contributed by atoms with van der Waals surface area (Å²) >= 11 is 5.78. The quantitative estimate of drug-likeness (QED) is 0.518. The lowest BCUT2D eigenvalue weighted by Gasteiger charge is -1.93. The number of benzene rings is 1. The van der Waals surface area contributed by atoms with Gasteiger partial charge in [0.05, 0.1) is 10.7 Å². The largest absolute Gasteiger partial charge is 0.443 e. The number of rotatable bonds is 1. The lowest BCUT2D eigenvalue weighted by Crippen LogP contribution is -1.70. The Labute approximate surface area is 77.9 Å². The van der Waals surface area contributed by atoms with Crippen molar-refractivity contribution < 1.29 is 9.21 Å². The van der Waals surface area contributed by atoms with Crippen molar-refractivity contribution in [2.45, 2.75) is 0 Å². The van der Waals surface area contributed by atoms with Gasteiger partial charge in [0.15, 0.2) is 12.0 Å². The highest BCUT2D eigenvalue weighted by Crippen LogP contribution is 2.29. The van der Waals surface area contributed by atoms with E-state index in [9.17, 15) is 4.79 Å². The van der Waals surface area contributed by atoms with E-state index in [0.717, 1.165) is 0 Å². The van der Waals surface area contributed by atoms with Gasteiger partial charge in [-0.2, -0.15) is 4.99 Å². The van der Waals surface area contributed by atoms with E-state index in [0.29, 0.717) is 21.8 Å². The summed E-state index contributed by atoms with van der Waals surface area (Å²) < 4.78 is 5.00. The predicted octanol–water partition coefficient (Wildman–Crippen LogP) is 2.45. The van der Waals surface area contributed by atoms with Gasteiger partial charge < -0.3 is 4.42 Å². The zero-order valence-electron chi connectivity index (χ0n) is 6.32. The van der Waals surface area contributed by atoms with Crippen LogP contribution in [0, 0.1) is 0 Å². The van der Waals surface area contributed by atoms with Gasteiger partial charge in [-0.3, -0.25) is 0 Å². The highest BCUT2D eigenvalue weighted by Gasteiger charge is 2.04. The van der Waals surface area contributed by atoms with Crippen molar-refractivity contribution >= 4 is 34.5 Å². The Bertz CT molecular complexity index is 500. The molecular weight excluding hydrogens is 192 g/mol. The molecular formula is C8H3ClN2O2. The Hall–Kier alpha value is -1.64. The summed E-state index contributed by atoms with van der Waals surface area (Å²) in [6.45, 7) is 0. The van der Waals surface area contributed by atoms with Crippen LogP contribution in [0.15, 0.2) is 27.9 Å². The van der Waals surface area contributed by atoms with E-state index < -0.39 is 0 Å². The number of carbonyl (C=O) groups excluding carboxylic acids is 1. The Morgan fingerprint density at radius 3 is 3.15 bits per heavy atom. The Morgan fingerprint density at radius 2 is 2.38 bits per heavy atom. The van der Waals surface area contributed by atoms with E-state index in [1.165, 1.54) is 18.5 Å². The smallest absolute Gasteiger partial charge is 0.240 e. The lowest BCUT2D eigenvalue weighted by atomic mass is 10.3. The van der Waals surface area contributed by atoms with E-state index in [1.54, 1.807) is 6.07 Å². The van der Waals surface area contributed by atoms with Crippen LogP contribution in [0.1, 0.15) is 0 Å². The molecule has 2 rings (SSSR count). The molecule has 5 heteroatoms. The van der Waals surface area contributed by atoms with Crippen molar-refractivity contribution in [2.75, 3.05) is 0 Å². The first-order valence-electron chi connectivity index (χ1n) is 3.42. The Kier molecular flexibility index (Phi) is 1.85. The normalized spacial score (nSPS) is 9.92. The van der Waals surface area contributed by atoms with Crippen molar-refractivity contribution in [3.63, 3.8) is 0 Å². The van der Waals surface area contributed by atoms with E-state index in [-0.39, 0.29) is 0 Å². The van der Waals surface area contributed by atoms with Gasteiger partial charge in [0, 0.05) is 6.07 Å². The summed E-state index contributed by atoms with van der Waals surface area (Å²) in [5.74, 6) is 0. The van der Waals surface area contributed by atoms with Crippen LogP contribution in [0.3, 0.4) is 0 Å². The fourth-order valence-electron chi connectivity index (χ4n) is 1.00. The van der Waals surface area contributed by atoms with Gasteiger partial charge in [0.25, 0.3) is 0 Å². The SMILES string of the molecule is O=C=Nc1cc2ocnc2cc1Cl. The molecule has 0 radical (unpaired) electrons. The van der Waals surface area contributed by atoms with Crippen molar-refractivity contribution in [3.05, 3.63) is 23.5 Å². The fourth-order valence-corrected chi connectivity index (χ4v) is 1.20. The number of hydrogen-bond donors (Lipinski definition) is 0. The summed E-state index contributed by atoms with van der Waals surface area (Å²) in [7, 11) is 0. The highest BCUT2D eigenvalue weighted by molar-refractivity contribution is 6.33. The zero-order chi connectivity index (χ0) is 9.26. The summed E-state index contributed by atoms with van der Waals surface area (Å²) in [5.41, 5.74) is 1.51. The van der Waals surface area contributed by atoms with E-state index in [1.807, 2.05) is 0 Å². The van der Waals surface area contributed by atoms with Crippen LogP contribution in [0.5, 0.6) is 0 Å². The van der Waals surface area contributed by atoms with Crippen LogP contribution < -0.4 is 0 Å². The maximum absolute atomic E-state index is 10.0. The van der Waals surface area contributed by atoms with Gasteiger partial charge in [0.2, 0.25) is 6.08 Å². The standard InChI is InChI=1S/C8H3ClN2O2/c9-5-1-7-8(13-4-11-7)2-6(5)10-3-12/h1-2,4H. The molecule has 1 aromatic carbocycles. The molecule has 0 atom stereocenters. The summed E-state index contributed by atoms with van der Waals surface area (Å²) in [6, 6.07) is 3.12. The van der Waals surface area contributed by atoms with Gasteiger partial charge >= 0.3 is 0 Å². The number of isocyanates is 1. The highest BCUT2D eigenvalue weighted by atomic mass is 35.5. The van der Waals surface area contributed by atoms with E-state index >= 15 is 0 Å². The minimum absolute atomic E-state index is 0.334. The molecule has 4 nitrogen and oxygen atoms in total. The zero-order valence-corrected chi connectivity index (χ0v) is 7.08. The van der Waals surface area contributed by atoms with Crippen molar-refractivity contribution in [1.82, 2.24) is 4.98 Å². The first kappa shape index (κ1) is 7.98. The third-order valence-corrected chi connectivity index (χ3v) is 1.87. The van der Waals surface area contributed by atoms with Crippen LogP contribution in [0.4, 0.5) is 5.69 Å². The lowest BCUT2D eigenvalue weighted by molar-refractivity contribution is 0.565. The molecule has 13 heavy (non-hydrogen) atoms. The van der Waals surface area contributed by atoms with E-state index in [4.69, 9.17) is 16.0 Å². The number of fused-ring (bicyclic) bond motifs is 1. The molecule has 1 aromatic heterocycles. The molecule has 0 N–H and O–H groups in total. The first-order chi connectivity index (χ1) is 6.31. The Balaban J connectivity index is 2.75. The second kappa shape index (κ2) is 3.01. The van der Waals surface area contributed by atoms with Crippen LogP contribution in [-0.4, -0.2) is 11.1 Å². The monoisotopic (exact) mass is 194 g/mol. The maximum atomic E-state index is 10.0. The van der Waals surface area contributed by atoms with Crippen LogP contribution in [-0.2, 0) is 4.79 Å². The number of aromatic nitrogens is 1. The second-order valence-corrected chi connectivity index (χ2v) is 2.73. The second-order valence-electron chi connectivity index (χ2n) is 2.33. The molecule has 0 aliphatic rings. The molecule has 0 aliphatic carbocycles. The average Bonchev–Trinajstić information content (AvgIpc) is 2.52. The minimum Gasteiger partial charge on any atom is -0.443 e. The fraction of sp³-hybridized carbons (Fsp3) is 0. The topological polar surface area (TPSA) is 55.5 Å². The molecule has 64 valence electrons. The number of hydrogen-bond acceptors (Lipinski definition) is 4. The maximum Gasteiger partial charge on any atom is 0.240 e. The van der Waals surface area contributed by atoms with Crippen LogP contribution >= 0.6 is 11.6 Å². The van der Waals surface area contributed by atoms with Gasteiger partial charge in [-0.15, -0.1) is 0 Å². The number of aliphatic imine (C=N–C) groups is 1. The summed E-state index contributed by atoms with van der Waals surface area (Å²) in [5, 5.41) is 0.352. The average molecular weight is 195 g/mol.